The molecule has 0 aliphatic carbocycles. The number of rotatable bonds is 5. The van der Waals surface area contributed by atoms with Gasteiger partial charge in [-0.15, -0.1) is 0 Å². The number of nitro benzene ring substituents is 1. The van der Waals surface area contributed by atoms with Crippen molar-refractivity contribution in [1.29, 1.82) is 0 Å². The van der Waals surface area contributed by atoms with Crippen LogP contribution in [0.1, 0.15) is 5.56 Å². The molecule has 0 saturated carbocycles. The molecule has 2 aromatic carbocycles. The molecule has 2 aromatic rings. The molecule has 0 radical (unpaired) electrons. The van der Waals surface area contributed by atoms with E-state index in [1.807, 2.05) is 0 Å². The van der Waals surface area contributed by atoms with Crippen LogP contribution in [0.3, 0.4) is 0 Å². The van der Waals surface area contributed by atoms with Gasteiger partial charge in [-0.1, -0.05) is 30.3 Å². The lowest BCUT2D eigenvalue weighted by Gasteiger charge is -2.17. The highest BCUT2D eigenvalue weighted by Crippen LogP contribution is 2.32. The van der Waals surface area contributed by atoms with Crippen LogP contribution in [0.5, 0.6) is 5.75 Å². The van der Waals surface area contributed by atoms with E-state index in [1.165, 1.54) is 24.3 Å². The number of alkyl halides is 2. The fourth-order valence-corrected chi connectivity index (χ4v) is 1.69. The van der Waals surface area contributed by atoms with Crippen LogP contribution in [-0.2, 0) is 5.92 Å². The third-order valence-electron chi connectivity index (χ3n) is 2.72. The molecule has 0 heterocycles. The predicted octanol–water partition coefficient (Wildman–Crippen LogP) is 3.90. The van der Waals surface area contributed by atoms with Gasteiger partial charge in [-0.25, -0.2) is 4.39 Å². The van der Waals surface area contributed by atoms with E-state index in [0.717, 1.165) is 12.1 Å². The van der Waals surface area contributed by atoms with Gasteiger partial charge < -0.3 is 4.74 Å². The molecule has 4 nitrogen and oxygen atoms in total. The zero-order chi connectivity index (χ0) is 15.5. The summed E-state index contributed by atoms with van der Waals surface area (Å²) < 4.78 is 45.6. The third-order valence-corrected chi connectivity index (χ3v) is 2.72. The van der Waals surface area contributed by atoms with Gasteiger partial charge >= 0.3 is 11.6 Å². The fourth-order valence-electron chi connectivity index (χ4n) is 1.69. The largest absolute Gasteiger partial charge is 0.480 e. The fraction of sp³-hybridized carbons (Fsp3) is 0.143. The molecule has 21 heavy (non-hydrogen) atoms. The second-order valence-corrected chi connectivity index (χ2v) is 4.23. The van der Waals surface area contributed by atoms with Gasteiger partial charge in [0, 0.05) is 17.7 Å². The molecule has 0 N–H and O–H groups in total. The number of benzene rings is 2. The van der Waals surface area contributed by atoms with E-state index >= 15 is 0 Å². The van der Waals surface area contributed by atoms with E-state index in [2.05, 4.69) is 0 Å². The Bertz CT molecular complexity index is 647. The summed E-state index contributed by atoms with van der Waals surface area (Å²) in [5.74, 6) is -4.68. The van der Waals surface area contributed by atoms with Crippen LogP contribution < -0.4 is 4.74 Å². The average Bonchev–Trinajstić information content (AvgIpc) is 2.46. The highest BCUT2D eigenvalue weighted by atomic mass is 19.3. The van der Waals surface area contributed by atoms with Crippen LogP contribution in [0.15, 0.2) is 48.5 Å². The number of nitro groups is 1. The van der Waals surface area contributed by atoms with Crippen molar-refractivity contribution >= 4 is 5.69 Å². The van der Waals surface area contributed by atoms with E-state index in [4.69, 9.17) is 4.74 Å². The molecular weight excluding hydrogens is 287 g/mol. The molecule has 0 amide bonds. The predicted molar refractivity (Wildman–Crippen MR) is 68.9 cm³/mol. The molecule has 110 valence electrons. The van der Waals surface area contributed by atoms with E-state index in [9.17, 15) is 23.3 Å². The first-order valence-electron chi connectivity index (χ1n) is 5.90. The summed E-state index contributed by atoms with van der Waals surface area (Å²) in [6, 6.07) is 9.32. The van der Waals surface area contributed by atoms with Gasteiger partial charge in [0.15, 0.2) is 12.4 Å². The minimum atomic E-state index is -3.35. The van der Waals surface area contributed by atoms with Crippen LogP contribution in [0, 0.1) is 15.9 Å². The molecule has 0 aliphatic heterocycles. The molecule has 0 fully saturated rings. The number of hydrogen-bond acceptors (Lipinski definition) is 3. The summed E-state index contributed by atoms with van der Waals surface area (Å²) >= 11 is 0. The zero-order valence-electron chi connectivity index (χ0n) is 10.6. The minimum absolute atomic E-state index is 0.288. The lowest BCUT2D eigenvalue weighted by Crippen LogP contribution is -2.23. The third kappa shape index (κ3) is 3.50. The van der Waals surface area contributed by atoms with Crippen molar-refractivity contribution in [3.63, 3.8) is 0 Å². The van der Waals surface area contributed by atoms with Crippen molar-refractivity contribution in [2.75, 3.05) is 6.61 Å². The Labute approximate surface area is 117 Å². The van der Waals surface area contributed by atoms with Crippen molar-refractivity contribution in [2.24, 2.45) is 0 Å². The Hall–Kier alpha value is -2.57. The topological polar surface area (TPSA) is 52.4 Å². The molecule has 0 atom stereocenters. The van der Waals surface area contributed by atoms with Gasteiger partial charge in [0.2, 0.25) is 0 Å². The van der Waals surface area contributed by atoms with Crippen molar-refractivity contribution in [2.45, 2.75) is 5.92 Å². The van der Waals surface area contributed by atoms with Gasteiger partial charge in [-0.3, -0.25) is 10.1 Å². The molecule has 0 saturated heterocycles. The quantitative estimate of drug-likeness (QED) is 0.621. The Morgan fingerprint density at radius 3 is 2.43 bits per heavy atom. The SMILES string of the molecule is O=[N+]([O-])c1ccc(F)cc1OCC(F)(F)c1ccccc1. The van der Waals surface area contributed by atoms with Gasteiger partial charge in [0.25, 0.3) is 0 Å². The standard InChI is InChI=1S/C14H10F3NO3/c15-11-6-7-12(18(19)20)13(8-11)21-9-14(16,17)10-4-2-1-3-5-10/h1-8H,9H2. The van der Waals surface area contributed by atoms with E-state index < -0.39 is 34.7 Å². The lowest BCUT2D eigenvalue weighted by atomic mass is 10.1. The highest BCUT2D eigenvalue weighted by molar-refractivity contribution is 5.46. The van der Waals surface area contributed by atoms with Gasteiger partial charge in [0.1, 0.15) is 5.82 Å². The normalized spacial score (nSPS) is 11.2. The molecule has 7 heteroatoms. The molecule has 0 spiro atoms. The van der Waals surface area contributed by atoms with Gasteiger partial charge in [-0.2, -0.15) is 8.78 Å². The second-order valence-electron chi connectivity index (χ2n) is 4.23. The summed E-state index contributed by atoms with van der Waals surface area (Å²) in [5, 5.41) is 10.7. The average molecular weight is 297 g/mol. The molecule has 0 unspecified atom stereocenters. The van der Waals surface area contributed by atoms with E-state index in [1.54, 1.807) is 6.07 Å². The summed E-state index contributed by atoms with van der Waals surface area (Å²) in [6.07, 6.45) is 0. The summed E-state index contributed by atoms with van der Waals surface area (Å²) in [5.41, 5.74) is -0.857. The number of halogens is 3. The van der Waals surface area contributed by atoms with Crippen molar-refractivity contribution in [3.8, 4) is 5.75 Å². The Morgan fingerprint density at radius 1 is 1.14 bits per heavy atom. The van der Waals surface area contributed by atoms with E-state index in [-0.39, 0.29) is 5.56 Å². The maximum atomic E-state index is 13.9. The number of hydrogen-bond donors (Lipinski definition) is 0. The summed E-state index contributed by atoms with van der Waals surface area (Å²) in [4.78, 5) is 9.92. The van der Waals surface area contributed by atoms with Crippen molar-refractivity contribution in [3.05, 3.63) is 70.0 Å². The molecule has 0 aliphatic rings. The van der Waals surface area contributed by atoms with Gasteiger partial charge in [0.05, 0.1) is 4.92 Å². The zero-order valence-corrected chi connectivity index (χ0v) is 10.6. The van der Waals surface area contributed by atoms with Crippen molar-refractivity contribution in [1.82, 2.24) is 0 Å². The Balaban J connectivity index is 2.20. The molecular formula is C14H10F3NO3. The molecule has 2 rings (SSSR count). The maximum Gasteiger partial charge on any atom is 0.311 e. The maximum absolute atomic E-state index is 13.9. The van der Waals surface area contributed by atoms with Crippen LogP contribution in [0.4, 0.5) is 18.9 Å². The van der Waals surface area contributed by atoms with Gasteiger partial charge in [-0.05, 0) is 6.07 Å². The van der Waals surface area contributed by atoms with Crippen molar-refractivity contribution < 1.29 is 22.8 Å². The smallest absolute Gasteiger partial charge is 0.311 e. The highest BCUT2D eigenvalue weighted by Gasteiger charge is 2.33. The number of ether oxygens (including phenoxy) is 1. The monoisotopic (exact) mass is 297 g/mol. The lowest BCUT2D eigenvalue weighted by molar-refractivity contribution is -0.386. The minimum Gasteiger partial charge on any atom is -0.480 e. The summed E-state index contributed by atoms with van der Waals surface area (Å²) in [6.45, 7) is -1.12. The first kappa shape index (κ1) is 14.8. The van der Waals surface area contributed by atoms with Crippen LogP contribution in [0.25, 0.3) is 0 Å². The second kappa shape index (κ2) is 5.82. The number of nitrogens with zero attached hydrogens (tertiary/aromatic N) is 1. The van der Waals surface area contributed by atoms with Crippen LogP contribution in [0.2, 0.25) is 0 Å². The van der Waals surface area contributed by atoms with E-state index in [0.29, 0.717) is 6.07 Å². The van der Waals surface area contributed by atoms with Crippen LogP contribution in [-0.4, -0.2) is 11.5 Å². The Kier molecular flexibility index (Phi) is 4.11. The molecule has 0 aromatic heterocycles. The van der Waals surface area contributed by atoms with Crippen LogP contribution >= 0.6 is 0 Å². The first-order valence-corrected chi connectivity index (χ1v) is 5.90. The Morgan fingerprint density at radius 2 is 1.81 bits per heavy atom. The first-order chi connectivity index (χ1) is 9.90. The molecule has 0 bridgehead atoms. The summed E-state index contributed by atoms with van der Waals surface area (Å²) in [7, 11) is 0.